The van der Waals surface area contributed by atoms with E-state index in [-0.39, 0.29) is 5.91 Å². The van der Waals surface area contributed by atoms with Crippen molar-refractivity contribution in [1.82, 2.24) is 15.3 Å². The summed E-state index contributed by atoms with van der Waals surface area (Å²) >= 11 is 1.28. The molecular weight excluding hydrogens is 252 g/mol. The summed E-state index contributed by atoms with van der Waals surface area (Å²) in [6.45, 7) is 4.10. The highest BCUT2D eigenvalue weighted by Crippen LogP contribution is 2.22. The van der Waals surface area contributed by atoms with Crippen LogP contribution >= 0.6 is 11.3 Å². The largest absolute Gasteiger partial charge is 0.389 e. The summed E-state index contributed by atoms with van der Waals surface area (Å²) in [5, 5.41) is 12.2. The number of carbonyl (C=O) groups excluding carboxylic acids is 1. The van der Waals surface area contributed by atoms with E-state index in [0.717, 1.165) is 25.1 Å². The smallest absolute Gasteiger partial charge is 0.294 e. The summed E-state index contributed by atoms with van der Waals surface area (Å²) in [4.78, 5) is 17.7. The molecule has 1 saturated heterocycles. The summed E-state index contributed by atoms with van der Waals surface area (Å²) in [6, 6.07) is 0. The number of nitrogens with zero attached hydrogens (tertiary/aromatic N) is 2. The van der Waals surface area contributed by atoms with Gasteiger partial charge >= 0.3 is 0 Å². The topological polar surface area (TPSA) is 91.5 Å². The lowest BCUT2D eigenvalue weighted by atomic mass is 9.95. The number of aromatic nitrogens is 1. The molecule has 6 nitrogen and oxygen atoms in total. The first-order valence-electron chi connectivity index (χ1n) is 5.90. The van der Waals surface area contributed by atoms with Crippen LogP contribution in [-0.2, 0) is 6.54 Å². The van der Waals surface area contributed by atoms with Crippen LogP contribution in [0.4, 0.5) is 0 Å². The van der Waals surface area contributed by atoms with E-state index in [0.29, 0.717) is 18.1 Å². The van der Waals surface area contributed by atoms with E-state index in [1.54, 1.807) is 0 Å². The summed E-state index contributed by atoms with van der Waals surface area (Å²) in [7, 11) is 0. The Morgan fingerprint density at radius 3 is 3.22 bits per heavy atom. The quantitative estimate of drug-likeness (QED) is 0.411. The minimum atomic E-state index is -0.619. The van der Waals surface area contributed by atoms with Crippen molar-refractivity contribution < 1.29 is 9.90 Å². The first kappa shape index (κ1) is 13.4. The van der Waals surface area contributed by atoms with Crippen molar-refractivity contribution in [1.29, 1.82) is 0 Å². The first-order valence-corrected chi connectivity index (χ1v) is 6.78. The molecule has 0 aromatic carbocycles. The van der Waals surface area contributed by atoms with E-state index in [9.17, 15) is 9.90 Å². The second kappa shape index (κ2) is 5.31. The van der Waals surface area contributed by atoms with Crippen LogP contribution in [0.1, 0.15) is 35.3 Å². The number of piperidine rings is 1. The Labute approximate surface area is 110 Å². The van der Waals surface area contributed by atoms with Crippen molar-refractivity contribution in [3.8, 4) is 0 Å². The number of β-amino-alcohol motifs (C(OH)–C–C–N with tert-alkyl or cyclic N) is 1. The van der Waals surface area contributed by atoms with Crippen LogP contribution in [0.2, 0.25) is 0 Å². The Kier molecular flexibility index (Phi) is 3.96. The number of nitrogens with two attached hydrogens (primary N) is 1. The van der Waals surface area contributed by atoms with E-state index in [2.05, 4.69) is 15.3 Å². The Balaban J connectivity index is 1.97. The lowest BCUT2D eigenvalue weighted by molar-refractivity contribution is -0.0184. The van der Waals surface area contributed by atoms with Crippen molar-refractivity contribution in [3.05, 3.63) is 16.1 Å². The molecule has 18 heavy (non-hydrogen) atoms. The van der Waals surface area contributed by atoms with Crippen molar-refractivity contribution in [2.45, 2.75) is 31.9 Å². The van der Waals surface area contributed by atoms with Gasteiger partial charge in [-0.05, 0) is 26.3 Å². The lowest BCUT2D eigenvalue weighted by Crippen LogP contribution is -2.45. The molecule has 0 saturated carbocycles. The van der Waals surface area contributed by atoms with Crippen molar-refractivity contribution in [2.75, 3.05) is 13.1 Å². The first-order chi connectivity index (χ1) is 8.50. The number of hydrogen-bond donors (Lipinski definition) is 3. The van der Waals surface area contributed by atoms with Crippen LogP contribution in [-0.4, -0.2) is 39.6 Å². The average Bonchev–Trinajstić information content (AvgIpc) is 2.75. The number of thiazole rings is 1. The predicted molar refractivity (Wildman–Crippen MR) is 68.9 cm³/mol. The number of rotatable bonds is 3. The number of aliphatic hydroxyl groups is 1. The third-order valence-electron chi connectivity index (χ3n) is 3.02. The monoisotopic (exact) mass is 270 g/mol. The summed E-state index contributed by atoms with van der Waals surface area (Å²) in [6.07, 6.45) is 1.81. The molecule has 2 heterocycles. The Morgan fingerprint density at radius 1 is 1.78 bits per heavy atom. The van der Waals surface area contributed by atoms with Crippen LogP contribution < -0.4 is 11.3 Å². The van der Waals surface area contributed by atoms with Crippen LogP contribution in [0.15, 0.2) is 5.38 Å². The molecule has 7 heteroatoms. The van der Waals surface area contributed by atoms with Gasteiger partial charge in [-0.25, -0.2) is 10.8 Å². The van der Waals surface area contributed by atoms with Gasteiger partial charge in [-0.3, -0.25) is 15.1 Å². The van der Waals surface area contributed by atoms with E-state index in [1.165, 1.54) is 11.3 Å². The van der Waals surface area contributed by atoms with Crippen LogP contribution in [0.3, 0.4) is 0 Å². The van der Waals surface area contributed by atoms with Gasteiger partial charge < -0.3 is 5.11 Å². The van der Waals surface area contributed by atoms with Gasteiger partial charge in [-0.15, -0.1) is 11.3 Å². The maximum Gasteiger partial charge on any atom is 0.294 e. The SMILES string of the molecule is CC1(O)CCCN(Cc2csc(C(=O)NN)n2)C1. The highest BCUT2D eigenvalue weighted by atomic mass is 32.1. The minimum Gasteiger partial charge on any atom is -0.389 e. The van der Waals surface area contributed by atoms with Crippen LogP contribution in [0.5, 0.6) is 0 Å². The maximum atomic E-state index is 11.3. The van der Waals surface area contributed by atoms with Gasteiger partial charge in [-0.2, -0.15) is 0 Å². The Bertz CT molecular complexity index is 432. The standard InChI is InChI=1S/C11H18N4O2S/c1-11(17)3-2-4-15(7-11)5-8-6-18-10(13-8)9(16)14-12/h6,17H,2-5,7,12H2,1H3,(H,14,16). The number of likely N-dealkylation sites (tertiary alicyclic amines) is 1. The van der Waals surface area contributed by atoms with E-state index >= 15 is 0 Å². The summed E-state index contributed by atoms with van der Waals surface area (Å²) in [5.74, 6) is 4.69. The molecule has 0 spiro atoms. The Hall–Kier alpha value is -1.02. The van der Waals surface area contributed by atoms with Crippen LogP contribution in [0, 0.1) is 0 Å². The molecule has 1 aliphatic heterocycles. The van der Waals surface area contributed by atoms with Crippen LogP contribution in [0.25, 0.3) is 0 Å². The number of hydrogen-bond acceptors (Lipinski definition) is 6. The van der Waals surface area contributed by atoms with Gasteiger partial charge in [0.1, 0.15) is 0 Å². The molecule has 0 radical (unpaired) electrons. The normalized spacial score (nSPS) is 25.1. The number of nitrogens with one attached hydrogen (secondary N) is 1. The van der Waals surface area contributed by atoms with E-state index in [1.807, 2.05) is 12.3 Å². The fourth-order valence-electron chi connectivity index (χ4n) is 2.23. The van der Waals surface area contributed by atoms with Gasteiger partial charge in [0.2, 0.25) is 0 Å². The van der Waals surface area contributed by atoms with E-state index < -0.39 is 5.60 Å². The Morgan fingerprint density at radius 2 is 2.56 bits per heavy atom. The summed E-state index contributed by atoms with van der Waals surface area (Å²) < 4.78 is 0. The molecule has 1 aromatic heterocycles. The zero-order valence-corrected chi connectivity index (χ0v) is 11.2. The molecule has 1 amide bonds. The third kappa shape index (κ3) is 3.26. The highest BCUT2D eigenvalue weighted by molar-refractivity contribution is 7.11. The predicted octanol–water partition coefficient (Wildman–Crippen LogP) is 0.0934. The van der Waals surface area contributed by atoms with E-state index in [4.69, 9.17) is 5.84 Å². The molecule has 0 bridgehead atoms. The minimum absolute atomic E-state index is 0.364. The van der Waals surface area contributed by atoms with Gasteiger partial charge in [0, 0.05) is 18.5 Å². The second-order valence-corrected chi connectivity index (χ2v) is 5.79. The molecule has 1 unspecified atom stereocenters. The van der Waals surface area contributed by atoms with Gasteiger partial charge in [0.25, 0.3) is 5.91 Å². The molecular formula is C11H18N4O2S. The molecule has 4 N–H and O–H groups in total. The van der Waals surface area contributed by atoms with Crippen molar-refractivity contribution in [2.24, 2.45) is 5.84 Å². The number of amides is 1. The highest BCUT2D eigenvalue weighted by Gasteiger charge is 2.28. The number of hydrazine groups is 1. The lowest BCUT2D eigenvalue weighted by Gasteiger charge is -2.36. The zero-order chi connectivity index (χ0) is 13.2. The number of carbonyl (C=O) groups is 1. The summed E-state index contributed by atoms with van der Waals surface area (Å²) in [5.41, 5.74) is 2.29. The molecule has 0 aliphatic carbocycles. The van der Waals surface area contributed by atoms with Gasteiger partial charge in [0.15, 0.2) is 5.01 Å². The van der Waals surface area contributed by atoms with Gasteiger partial charge in [0.05, 0.1) is 11.3 Å². The maximum absolute atomic E-state index is 11.3. The molecule has 100 valence electrons. The molecule has 2 rings (SSSR count). The zero-order valence-electron chi connectivity index (χ0n) is 10.3. The van der Waals surface area contributed by atoms with Crippen molar-refractivity contribution in [3.63, 3.8) is 0 Å². The fourth-order valence-corrected chi connectivity index (χ4v) is 2.94. The number of nitrogen functional groups attached to an aromatic ring is 1. The fraction of sp³-hybridized carbons (Fsp3) is 0.636. The van der Waals surface area contributed by atoms with Crippen molar-refractivity contribution >= 4 is 17.2 Å². The molecule has 1 aliphatic rings. The molecule has 1 fully saturated rings. The van der Waals surface area contributed by atoms with Gasteiger partial charge in [-0.1, -0.05) is 0 Å². The average molecular weight is 270 g/mol. The third-order valence-corrected chi connectivity index (χ3v) is 3.91. The molecule has 1 atom stereocenters. The molecule has 1 aromatic rings. The second-order valence-electron chi connectivity index (χ2n) is 4.93.